The molecule has 1 saturated carbocycles. The Balaban J connectivity index is 2.25. The first-order chi connectivity index (χ1) is 7.65. The molecule has 1 fully saturated rings. The van der Waals surface area contributed by atoms with Crippen LogP contribution in [0.4, 0.5) is 0 Å². The summed E-state index contributed by atoms with van der Waals surface area (Å²) in [6.07, 6.45) is 6.88. The molecule has 1 rings (SSSR count). The number of nitrogens with zero attached hydrogens (tertiary/aromatic N) is 1. The zero-order chi connectivity index (χ0) is 12.0. The van der Waals surface area contributed by atoms with Crippen LogP contribution in [0.25, 0.3) is 0 Å². The molecule has 0 heterocycles. The molecule has 0 spiro atoms. The molecule has 0 saturated heterocycles. The monoisotopic (exact) mass is 226 g/mol. The summed E-state index contributed by atoms with van der Waals surface area (Å²) in [7, 11) is 2.04. The third-order valence-electron chi connectivity index (χ3n) is 3.60. The van der Waals surface area contributed by atoms with Crippen LogP contribution in [0.5, 0.6) is 0 Å². The van der Waals surface area contributed by atoms with Gasteiger partial charge in [0.25, 0.3) is 0 Å². The van der Waals surface area contributed by atoms with Gasteiger partial charge in [-0.15, -0.1) is 0 Å². The van der Waals surface area contributed by atoms with Crippen molar-refractivity contribution in [2.75, 3.05) is 20.1 Å². The van der Waals surface area contributed by atoms with E-state index in [1.807, 2.05) is 7.05 Å². The molecule has 0 radical (unpaired) electrons. The van der Waals surface area contributed by atoms with Gasteiger partial charge in [-0.3, -0.25) is 4.90 Å². The van der Waals surface area contributed by atoms with E-state index in [1.165, 1.54) is 38.6 Å². The Morgan fingerprint density at radius 3 is 2.38 bits per heavy atom. The van der Waals surface area contributed by atoms with Gasteiger partial charge >= 0.3 is 0 Å². The predicted molar refractivity (Wildman–Crippen MR) is 71.8 cm³/mol. The Kier molecular flexibility index (Phi) is 6.37. The van der Waals surface area contributed by atoms with Gasteiger partial charge in [-0.05, 0) is 65.1 Å². The fourth-order valence-corrected chi connectivity index (χ4v) is 2.32. The van der Waals surface area contributed by atoms with Crippen molar-refractivity contribution >= 4 is 0 Å². The lowest BCUT2D eigenvalue weighted by Gasteiger charge is -2.30. The van der Waals surface area contributed by atoms with Crippen molar-refractivity contribution in [2.45, 2.75) is 65.0 Å². The summed E-state index contributed by atoms with van der Waals surface area (Å²) >= 11 is 0. The van der Waals surface area contributed by atoms with E-state index in [1.54, 1.807) is 0 Å². The summed E-state index contributed by atoms with van der Waals surface area (Å²) < 4.78 is 0. The number of hydrogen-bond donors (Lipinski definition) is 1. The highest BCUT2D eigenvalue weighted by Gasteiger charge is 2.31. The highest BCUT2D eigenvalue weighted by Crippen LogP contribution is 2.30. The summed E-state index contributed by atoms with van der Waals surface area (Å²) in [5.41, 5.74) is 0. The molecule has 0 aliphatic heterocycles. The van der Waals surface area contributed by atoms with Gasteiger partial charge in [-0.1, -0.05) is 13.8 Å². The van der Waals surface area contributed by atoms with Crippen molar-refractivity contribution in [3.05, 3.63) is 0 Å². The van der Waals surface area contributed by atoms with Crippen LogP contribution < -0.4 is 5.32 Å². The first-order valence-electron chi connectivity index (χ1n) is 7.05. The average Bonchev–Trinajstić information content (AvgIpc) is 3.02. The molecule has 0 bridgehead atoms. The fourth-order valence-electron chi connectivity index (χ4n) is 2.32. The minimum Gasteiger partial charge on any atom is -0.320 e. The first kappa shape index (κ1) is 14.0. The molecule has 2 nitrogen and oxygen atoms in total. The predicted octanol–water partition coefficient (Wildman–Crippen LogP) is 2.89. The Morgan fingerprint density at radius 1 is 1.19 bits per heavy atom. The molecule has 0 aromatic carbocycles. The van der Waals surface area contributed by atoms with Crippen LogP contribution in [0, 0.1) is 5.92 Å². The summed E-state index contributed by atoms with van der Waals surface area (Å²) in [5, 5.41) is 3.24. The first-order valence-corrected chi connectivity index (χ1v) is 7.05. The maximum atomic E-state index is 3.24. The van der Waals surface area contributed by atoms with Gasteiger partial charge in [0, 0.05) is 12.1 Å². The Morgan fingerprint density at radius 2 is 1.88 bits per heavy atom. The van der Waals surface area contributed by atoms with Crippen LogP contribution in [-0.4, -0.2) is 37.1 Å². The maximum absolute atomic E-state index is 3.24. The molecule has 1 atom stereocenters. The minimum absolute atomic E-state index is 0.777. The van der Waals surface area contributed by atoms with E-state index >= 15 is 0 Å². The highest BCUT2D eigenvalue weighted by atomic mass is 15.2. The van der Waals surface area contributed by atoms with E-state index in [2.05, 4.69) is 31.0 Å². The van der Waals surface area contributed by atoms with Crippen molar-refractivity contribution in [1.82, 2.24) is 10.2 Å². The number of nitrogens with one attached hydrogen (secondary N) is 1. The molecule has 16 heavy (non-hydrogen) atoms. The van der Waals surface area contributed by atoms with Crippen molar-refractivity contribution in [3.63, 3.8) is 0 Å². The smallest absolute Gasteiger partial charge is 0.00992 e. The molecule has 1 N–H and O–H groups in total. The van der Waals surface area contributed by atoms with Crippen LogP contribution in [0.2, 0.25) is 0 Å². The lowest BCUT2D eigenvalue weighted by Crippen LogP contribution is -2.36. The quantitative estimate of drug-likeness (QED) is 0.608. The largest absolute Gasteiger partial charge is 0.320 e. The van der Waals surface area contributed by atoms with Crippen LogP contribution in [-0.2, 0) is 0 Å². The second kappa shape index (κ2) is 7.29. The molecular formula is C14H30N2. The van der Waals surface area contributed by atoms with E-state index < -0.39 is 0 Å². The van der Waals surface area contributed by atoms with Gasteiger partial charge in [-0.2, -0.15) is 0 Å². The minimum atomic E-state index is 0.777. The van der Waals surface area contributed by atoms with E-state index in [4.69, 9.17) is 0 Å². The normalized spacial score (nSPS) is 18.4. The van der Waals surface area contributed by atoms with Gasteiger partial charge in [0.2, 0.25) is 0 Å². The Hall–Kier alpha value is -0.0800. The van der Waals surface area contributed by atoms with Gasteiger partial charge < -0.3 is 5.32 Å². The van der Waals surface area contributed by atoms with Crippen LogP contribution in [0.3, 0.4) is 0 Å². The van der Waals surface area contributed by atoms with E-state index in [0.29, 0.717) is 0 Å². The Labute approximate surface area is 102 Å². The van der Waals surface area contributed by atoms with E-state index in [0.717, 1.165) is 24.5 Å². The van der Waals surface area contributed by atoms with Crippen molar-refractivity contribution in [2.24, 2.45) is 5.92 Å². The van der Waals surface area contributed by atoms with Crippen molar-refractivity contribution in [1.29, 1.82) is 0 Å². The third-order valence-corrected chi connectivity index (χ3v) is 3.60. The summed E-state index contributed by atoms with van der Waals surface area (Å²) in [5.74, 6) is 0.839. The summed E-state index contributed by atoms with van der Waals surface area (Å²) in [4.78, 5) is 2.76. The average molecular weight is 226 g/mol. The molecule has 1 aliphatic carbocycles. The molecule has 1 unspecified atom stereocenters. The van der Waals surface area contributed by atoms with E-state index in [9.17, 15) is 0 Å². The fraction of sp³-hybridized carbons (Fsp3) is 1.00. The second-order valence-electron chi connectivity index (χ2n) is 5.75. The highest BCUT2D eigenvalue weighted by molar-refractivity contribution is 4.87. The Bertz CT molecular complexity index is 176. The molecule has 2 heteroatoms. The zero-order valence-corrected chi connectivity index (χ0v) is 11.6. The van der Waals surface area contributed by atoms with Crippen LogP contribution in [0.1, 0.15) is 52.9 Å². The number of rotatable bonds is 9. The van der Waals surface area contributed by atoms with E-state index in [-0.39, 0.29) is 0 Å². The second-order valence-corrected chi connectivity index (χ2v) is 5.75. The van der Waals surface area contributed by atoms with Gasteiger partial charge in [0.15, 0.2) is 0 Å². The topological polar surface area (TPSA) is 15.3 Å². The molecule has 1 aliphatic rings. The lowest BCUT2D eigenvalue weighted by atomic mass is 10.1. The molecule has 0 aromatic rings. The molecule has 0 amide bonds. The molecule has 96 valence electrons. The van der Waals surface area contributed by atoms with Crippen LogP contribution in [0.15, 0.2) is 0 Å². The zero-order valence-electron chi connectivity index (χ0n) is 11.6. The SMILES string of the molecule is CNCCCC(C)N(CCC(C)C)C1CC1. The maximum Gasteiger partial charge on any atom is 0.00992 e. The summed E-state index contributed by atoms with van der Waals surface area (Å²) in [6, 6.07) is 1.70. The third kappa shape index (κ3) is 5.31. The van der Waals surface area contributed by atoms with Crippen molar-refractivity contribution < 1.29 is 0 Å². The van der Waals surface area contributed by atoms with Crippen LogP contribution >= 0.6 is 0 Å². The standard InChI is InChI=1S/C14H30N2/c1-12(2)9-11-16(14-7-8-14)13(3)6-5-10-15-4/h12-15H,5-11H2,1-4H3. The molecule has 0 aromatic heterocycles. The van der Waals surface area contributed by atoms with Gasteiger partial charge in [0.1, 0.15) is 0 Å². The molecular weight excluding hydrogens is 196 g/mol. The van der Waals surface area contributed by atoms with Gasteiger partial charge in [-0.25, -0.2) is 0 Å². The van der Waals surface area contributed by atoms with Gasteiger partial charge in [0.05, 0.1) is 0 Å². The summed E-state index contributed by atoms with van der Waals surface area (Å²) in [6.45, 7) is 9.54. The lowest BCUT2D eigenvalue weighted by molar-refractivity contribution is 0.177. The van der Waals surface area contributed by atoms with Crippen molar-refractivity contribution in [3.8, 4) is 0 Å². The number of hydrogen-bond acceptors (Lipinski definition) is 2.